The van der Waals surface area contributed by atoms with E-state index in [0.29, 0.717) is 38.0 Å². The fourth-order valence-electron chi connectivity index (χ4n) is 5.88. The van der Waals surface area contributed by atoms with Crippen molar-refractivity contribution in [2.45, 2.75) is 44.3 Å². The minimum Gasteiger partial charge on any atom is -0.379 e. The summed E-state index contributed by atoms with van der Waals surface area (Å²) < 4.78 is 46.2. The molecule has 0 bridgehead atoms. The number of amides is 2. The summed E-state index contributed by atoms with van der Waals surface area (Å²) in [6.07, 6.45) is 1.10. The highest BCUT2D eigenvalue weighted by atomic mass is 19.4. The highest BCUT2D eigenvalue weighted by molar-refractivity contribution is 6.11. The molecule has 208 valence electrons. The van der Waals surface area contributed by atoms with Gasteiger partial charge in [-0.1, -0.05) is 0 Å². The number of hydrogen-bond donors (Lipinski definition) is 0. The lowest BCUT2D eigenvalue weighted by molar-refractivity contribution is -0.168. The number of amidine groups is 1. The van der Waals surface area contributed by atoms with E-state index in [0.717, 1.165) is 38.1 Å². The van der Waals surface area contributed by atoms with Gasteiger partial charge in [-0.05, 0) is 37.8 Å². The lowest BCUT2D eigenvalue weighted by Crippen LogP contribution is -2.62. The molecule has 0 aliphatic carbocycles. The molecule has 4 aliphatic heterocycles. The van der Waals surface area contributed by atoms with Crippen molar-refractivity contribution in [3.8, 4) is 6.07 Å². The lowest BCUT2D eigenvalue weighted by Gasteiger charge is -2.54. The van der Waals surface area contributed by atoms with Crippen LogP contribution in [0.5, 0.6) is 0 Å². The second kappa shape index (κ2) is 10.9. The number of carbonyl (C=O) groups is 2. The molecule has 0 radical (unpaired) electrons. The van der Waals surface area contributed by atoms with Crippen molar-refractivity contribution in [3.63, 3.8) is 0 Å². The molecular formula is C26H30F3N7O3. The molecule has 1 aromatic heterocycles. The van der Waals surface area contributed by atoms with E-state index >= 15 is 0 Å². The summed E-state index contributed by atoms with van der Waals surface area (Å²) in [6.45, 7) is 3.82. The van der Waals surface area contributed by atoms with E-state index in [-0.39, 0.29) is 42.8 Å². The second-order valence-corrected chi connectivity index (χ2v) is 10.6. The second-order valence-electron chi connectivity index (χ2n) is 10.6. The minimum atomic E-state index is -4.76. The molecule has 5 rings (SSSR count). The van der Waals surface area contributed by atoms with E-state index in [9.17, 15) is 22.8 Å². The normalized spacial score (nSPS) is 24.5. The molecule has 0 N–H and O–H groups in total. The Kier molecular flexibility index (Phi) is 7.57. The smallest absolute Gasteiger partial charge is 0.379 e. The van der Waals surface area contributed by atoms with E-state index in [4.69, 9.17) is 10.00 Å². The fraction of sp³-hybridized carbons (Fsp3) is 0.615. The van der Waals surface area contributed by atoms with Crippen molar-refractivity contribution in [2.75, 3.05) is 50.8 Å². The number of halogens is 3. The molecule has 1 spiro atoms. The quantitative estimate of drug-likeness (QED) is 0.505. The SMILES string of the molecule is N#Cc1ccc(N2CCC3(CC2)CN(C(=O)CCOC[C@@H]2CCCN2C2=NC=NC(=O)C2C(F)(F)F)C3)nc1. The van der Waals surface area contributed by atoms with Gasteiger partial charge in [-0.25, -0.2) is 15.0 Å². The van der Waals surface area contributed by atoms with Crippen LogP contribution in [0, 0.1) is 22.7 Å². The largest absolute Gasteiger partial charge is 0.407 e. The van der Waals surface area contributed by atoms with Crippen molar-refractivity contribution < 1.29 is 27.5 Å². The van der Waals surface area contributed by atoms with Gasteiger partial charge in [0.15, 0.2) is 5.92 Å². The number of likely N-dealkylation sites (tertiary alicyclic amines) is 2. The summed E-state index contributed by atoms with van der Waals surface area (Å²) in [5.41, 5.74) is 0.658. The summed E-state index contributed by atoms with van der Waals surface area (Å²) >= 11 is 0. The van der Waals surface area contributed by atoms with Crippen molar-refractivity contribution in [3.05, 3.63) is 23.9 Å². The van der Waals surface area contributed by atoms with Crippen LogP contribution in [0.4, 0.5) is 19.0 Å². The molecule has 2 amide bonds. The number of rotatable bonds is 6. The first-order chi connectivity index (χ1) is 18.7. The Hall–Kier alpha value is -3.53. The first-order valence-electron chi connectivity index (χ1n) is 13.1. The Morgan fingerprint density at radius 1 is 1.21 bits per heavy atom. The third-order valence-electron chi connectivity index (χ3n) is 8.08. The van der Waals surface area contributed by atoms with Gasteiger partial charge < -0.3 is 19.4 Å². The summed E-state index contributed by atoms with van der Waals surface area (Å²) in [5, 5.41) is 8.94. The Labute approximate surface area is 224 Å². The van der Waals surface area contributed by atoms with Crippen molar-refractivity contribution in [1.82, 2.24) is 14.8 Å². The Morgan fingerprint density at radius 2 is 1.97 bits per heavy atom. The first-order valence-corrected chi connectivity index (χ1v) is 13.1. The molecule has 4 aliphatic rings. The number of piperidine rings is 1. The standard InChI is InChI=1S/C26H30F3N7O3/c27-26(28,29)22-23(32-17-33-24(22)38)36-8-1-2-19(36)14-39-11-5-21(37)35-15-25(16-35)6-9-34(10-7-25)20-4-3-18(12-30)13-31-20/h3-4,13,17,19,22H,1-2,5-11,14-16H2/t19-,22?/m0/s1. The van der Waals surface area contributed by atoms with E-state index in [1.165, 1.54) is 4.90 Å². The summed E-state index contributed by atoms with van der Waals surface area (Å²) in [7, 11) is 0. The third-order valence-corrected chi connectivity index (χ3v) is 8.08. The van der Waals surface area contributed by atoms with Crippen LogP contribution in [-0.2, 0) is 14.3 Å². The van der Waals surface area contributed by atoms with Crippen molar-refractivity contribution in [1.29, 1.82) is 5.26 Å². The zero-order chi connectivity index (χ0) is 27.6. The fourth-order valence-corrected chi connectivity index (χ4v) is 5.88. The van der Waals surface area contributed by atoms with Crippen LogP contribution in [0.3, 0.4) is 0 Å². The maximum Gasteiger partial charge on any atom is 0.407 e. The number of carbonyl (C=O) groups excluding carboxylic acids is 2. The van der Waals surface area contributed by atoms with Gasteiger partial charge in [0, 0.05) is 44.3 Å². The number of anilines is 1. The van der Waals surface area contributed by atoms with Crippen molar-refractivity contribution in [2.24, 2.45) is 21.3 Å². The third kappa shape index (κ3) is 5.75. The molecule has 2 atom stereocenters. The van der Waals surface area contributed by atoms with E-state index in [1.807, 2.05) is 11.0 Å². The van der Waals surface area contributed by atoms with Gasteiger partial charge in [0.05, 0.1) is 31.2 Å². The zero-order valence-corrected chi connectivity index (χ0v) is 21.4. The molecule has 0 aromatic carbocycles. The van der Waals surface area contributed by atoms with Gasteiger partial charge in [-0.15, -0.1) is 0 Å². The minimum absolute atomic E-state index is 0.00990. The average Bonchev–Trinajstić information content (AvgIpc) is 3.37. The van der Waals surface area contributed by atoms with Crippen molar-refractivity contribution >= 4 is 29.8 Å². The summed E-state index contributed by atoms with van der Waals surface area (Å²) in [4.78, 5) is 41.5. The van der Waals surface area contributed by atoms with Crippen LogP contribution in [0.25, 0.3) is 0 Å². The molecule has 0 saturated carbocycles. The van der Waals surface area contributed by atoms with E-state index < -0.39 is 18.0 Å². The van der Waals surface area contributed by atoms with Gasteiger partial charge in [0.2, 0.25) is 5.91 Å². The van der Waals surface area contributed by atoms with Crippen LogP contribution in [0.15, 0.2) is 28.3 Å². The number of ether oxygens (including phenoxy) is 1. The van der Waals surface area contributed by atoms with E-state index in [1.54, 1.807) is 12.3 Å². The van der Waals surface area contributed by atoms with Gasteiger partial charge in [0.1, 0.15) is 24.1 Å². The topological polar surface area (TPSA) is 114 Å². The monoisotopic (exact) mass is 545 g/mol. The average molecular weight is 546 g/mol. The molecule has 5 heterocycles. The summed E-state index contributed by atoms with van der Waals surface area (Å²) in [5.74, 6) is -3.06. The first kappa shape index (κ1) is 27.1. The lowest BCUT2D eigenvalue weighted by atomic mass is 9.72. The van der Waals surface area contributed by atoms with E-state index in [2.05, 4.69) is 25.9 Å². The number of alkyl halides is 3. The molecule has 13 heteroatoms. The van der Waals surface area contributed by atoms with Crippen LogP contribution >= 0.6 is 0 Å². The van der Waals surface area contributed by atoms with Gasteiger partial charge in [0.25, 0.3) is 5.91 Å². The number of nitriles is 1. The van der Waals surface area contributed by atoms with Gasteiger partial charge >= 0.3 is 6.18 Å². The van der Waals surface area contributed by atoms with Gasteiger partial charge in [-0.3, -0.25) is 9.59 Å². The Morgan fingerprint density at radius 3 is 2.64 bits per heavy atom. The van der Waals surface area contributed by atoms with Crippen LogP contribution in [-0.4, -0.2) is 96.9 Å². The van der Waals surface area contributed by atoms with Crippen LogP contribution in [0.1, 0.15) is 37.7 Å². The molecule has 1 unspecified atom stereocenters. The number of pyridine rings is 1. The molecule has 10 nitrogen and oxygen atoms in total. The predicted molar refractivity (Wildman–Crippen MR) is 135 cm³/mol. The summed E-state index contributed by atoms with van der Waals surface area (Å²) in [6, 6.07) is 5.36. The van der Waals surface area contributed by atoms with Crippen LogP contribution < -0.4 is 4.90 Å². The highest BCUT2D eigenvalue weighted by Crippen LogP contribution is 2.41. The zero-order valence-electron chi connectivity index (χ0n) is 21.4. The molecular weight excluding hydrogens is 515 g/mol. The predicted octanol–water partition coefficient (Wildman–Crippen LogP) is 2.40. The number of aliphatic imine (C=N–C) groups is 2. The highest BCUT2D eigenvalue weighted by Gasteiger charge is 2.52. The molecule has 3 saturated heterocycles. The number of nitrogens with zero attached hydrogens (tertiary/aromatic N) is 7. The molecule has 39 heavy (non-hydrogen) atoms. The molecule has 1 aromatic rings. The number of hydrogen-bond acceptors (Lipinski definition) is 8. The van der Waals surface area contributed by atoms with Gasteiger partial charge in [-0.2, -0.15) is 18.4 Å². The Bertz CT molecular complexity index is 1180. The maximum atomic E-state index is 13.5. The maximum absolute atomic E-state index is 13.5. The van der Waals surface area contributed by atoms with Crippen LogP contribution in [0.2, 0.25) is 0 Å². The Balaban J connectivity index is 1.04. The molecule has 3 fully saturated rings. The number of aromatic nitrogens is 1.